The van der Waals surface area contributed by atoms with E-state index in [-0.39, 0.29) is 18.2 Å². The molecule has 0 bridgehead atoms. The standard InChI is InChI=1S/C11H20N2O3/c1-9-8-13(4-7-16-9)11(14)12-10-2-5-15-6-3-10/h9-10H,2-8H2,1H3,(H,12,14). The molecule has 2 fully saturated rings. The fourth-order valence-electron chi connectivity index (χ4n) is 2.11. The summed E-state index contributed by atoms with van der Waals surface area (Å²) >= 11 is 0. The summed E-state index contributed by atoms with van der Waals surface area (Å²) in [5, 5.41) is 3.06. The Balaban J connectivity index is 1.77. The lowest BCUT2D eigenvalue weighted by atomic mass is 10.1. The van der Waals surface area contributed by atoms with Gasteiger partial charge in [0.05, 0.1) is 12.7 Å². The molecule has 2 aliphatic heterocycles. The summed E-state index contributed by atoms with van der Waals surface area (Å²) in [4.78, 5) is 13.8. The van der Waals surface area contributed by atoms with Crippen molar-refractivity contribution in [3.05, 3.63) is 0 Å². The second-order valence-corrected chi connectivity index (χ2v) is 4.46. The Morgan fingerprint density at radius 2 is 2.06 bits per heavy atom. The third-order valence-corrected chi connectivity index (χ3v) is 3.08. The van der Waals surface area contributed by atoms with Crippen LogP contribution in [-0.2, 0) is 9.47 Å². The maximum Gasteiger partial charge on any atom is 0.317 e. The summed E-state index contributed by atoms with van der Waals surface area (Å²) in [7, 11) is 0. The van der Waals surface area contributed by atoms with Gasteiger partial charge in [0.25, 0.3) is 0 Å². The quantitative estimate of drug-likeness (QED) is 0.715. The zero-order valence-electron chi connectivity index (χ0n) is 9.78. The molecule has 16 heavy (non-hydrogen) atoms. The highest BCUT2D eigenvalue weighted by Gasteiger charge is 2.24. The fraction of sp³-hybridized carbons (Fsp3) is 0.909. The van der Waals surface area contributed by atoms with E-state index in [1.54, 1.807) is 0 Å². The number of hydrogen-bond donors (Lipinski definition) is 1. The van der Waals surface area contributed by atoms with Crippen LogP contribution in [0.15, 0.2) is 0 Å². The van der Waals surface area contributed by atoms with Crippen molar-refractivity contribution < 1.29 is 14.3 Å². The Morgan fingerprint density at radius 3 is 2.75 bits per heavy atom. The zero-order chi connectivity index (χ0) is 11.4. The maximum atomic E-state index is 11.9. The van der Waals surface area contributed by atoms with Crippen molar-refractivity contribution >= 4 is 6.03 Å². The van der Waals surface area contributed by atoms with Crippen LogP contribution in [0.3, 0.4) is 0 Å². The SMILES string of the molecule is CC1CN(C(=O)NC2CCOCC2)CCO1. The number of rotatable bonds is 1. The van der Waals surface area contributed by atoms with Crippen molar-refractivity contribution in [3.8, 4) is 0 Å². The largest absolute Gasteiger partial charge is 0.381 e. The van der Waals surface area contributed by atoms with Crippen LogP contribution in [0.5, 0.6) is 0 Å². The summed E-state index contributed by atoms with van der Waals surface area (Å²) in [6.07, 6.45) is 1.99. The van der Waals surface area contributed by atoms with E-state index in [9.17, 15) is 4.79 Å². The van der Waals surface area contributed by atoms with Gasteiger partial charge in [0.1, 0.15) is 0 Å². The molecule has 1 unspecified atom stereocenters. The number of nitrogens with one attached hydrogen (secondary N) is 1. The van der Waals surface area contributed by atoms with Crippen LogP contribution in [-0.4, -0.2) is 56.0 Å². The number of amides is 2. The molecule has 2 rings (SSSR count). The van der Waals surface area contributed by atoms with Gasteiger partial charge in [-0.25, -0.2) is 4.79 Å². The van der Waals surface area contributed by atoms with Gasteiger partial charge in [-0.15, -0.1) is 0 Å². The second-order valence-electron chi connectivity index (χ2n) is 4.46. The smallest absolute Gasteiger partial charge is 0.317 e. The molecule has 0 aromatic heterocycles. The lowest BCUT2D eigenvalue weighted by Gasteiger charge is -2.33. The van der Waals surface area contributed by atoms with Gasteiger partial charge < -0.3 is 19.7 Å². The highest BCUT2D eigenvalue weighted by Crippen LogP contribution is 2.09. The molecule has 2 saturated heterocycles. The van der Waals surface area contributed by atoms with Crippen LogP contribution in [0.1, 0.15) is 19.8 Å². The molecule has 0 spiro atoms. The summed E-state index contributed by atoms with van der Waals surface area (Å²) in [6, 6.07) is 0.321. The minimum Gasteiger partial charge on any atom is -0.381 e. The average Bonchev–Trinajstić information content (AvgIpc) is 2.30. The van der Waals surface area contributed by atoms with Gasteiger partial charge in [0.15, 0.2) is 0 Å². The van der Waals surface area contributed by atoms with Crippen molar-refractivity contribution in [3.63, 3.8) is 0 Å². The molecule has 1 atom stereocenters. The molecule has 0 saturated carbocycles. The van der Waals surface area contributed by atoms with Crippen molar-refractivity contribution in [1.82, 2.24) is 10.2 Å². The minimum absolute atomic E-state index is 0.0436. The monoisotopic (exact) mass is 228 g/mol. The highest BCUT2D eigenvalue weighted by atomic mass is 16.5. The predicted octanol–water partition coefficient (Wildman–Crippen LogP) is 0.596. The van der Waals surface area contributed by atoms with Gasteiger partial charge >= 0.3 is 6.03 Å². The van der Waals surface area contributed by atoms with Crippen LogP contribution >= 0.6 is 0 Å². The van der Waals surface area contributed by atoms with Crippen molar-refractivity contribution in [2.45, 2.75) is 31.9 Å². The van der Waals surface area contributed by atoms with Gasteiger partial charge in [-0.1, -0.05) is 0 Å². The van der Waals surface area contributed by atoms with E-state index < -0.39 is 0 Å². The molecule has 0 aliphatic carbocycles. The zero-order valence-corrected chi connectivity index (χ0v) is 9.78. The Kier molecular flexibility index (Phi) is 4.01. The number of hydrogen-bond acceptors (Lipinski definition) is 3. The van der Waals surface area contributed by atoms with Crippen molar-refractivity contribution in [2.24, 2.45) is 0 Å². The summed E-state index contributed by atoms with van der Waals surface area (Å²) < 4.78 is 10.7. The fourth-order valence-corrected chi connectivity index (χ4v) is 2.11. The summed E-state index contributed by atoms with van der Waals surface area (Å²) in [5.74, 6) is 0. The van der Waals surface area contributed by atoms with E-state index in [0.717, 1.165) is 26.1 Å². The lowest BCUT2D eigenvalue weighted by molar-refractivity contribution is -0.00482. The Morgan fingerprint density at radius 1 is 1.31 bits per heavy atom. The van der Waals surface area contributed by atoms with Crippen LogP contribution < -0.4 is 5.32 Å². The first kappa shape index (κ1) is 11.7. The average molecular weight is 228 g/mol. The Hall–Kier alpha value is -0.810. The number of urea groups is 1. The molecule has 0 radical (unpaired) electrons. The molecular weight excluding hydrogens is 208 g/mol. The molecule has 1 N–H and O–H groups in total. The highest BCUT2D eigenvalue weighted by molar-refractivity contribution is 5.74. The second kappa shape index (κ2) is 5.50. The first-order chi connectivity index (χ1) is 7.75. The third kappa shape index (κ3) is 3.09. The molecule has 0 aromatic carbocycles. The van der Waals surface area contributed by atoms with E-state index >= 15 is 0 Å². The number of ether oxygens (including phenoxy) is 2. The normalized spacial score (nSPS) is 27.8. The molecular formula is C11H20N2O3. The van der Waals surface area contributed by atoms with Crippen LogP contribution in [0, 0.1) is 0 Å². The Bertz CT molecular complexity index is 241. The number of morpholine rings is 1. The molecule has 0 aromatic rings. The predicted molar refractivity (Wildman–Crippen MR) is 59.4 cm³/mol. The lowest BCUT2D eigenvalue weighted by Crippen LogP contribution is -2.52. The molecule has 92 valence electrons. The van der Waals surface area contributed by atoms with E-state index in [0.29, 0.717) is 19.7 Å². The first-order valence-corrected chi connectivity index (χ1v) is 6.00. The van der Waals surface area contributed by atoms with E-state index in [1.165, 1.54) is 0 Å². The molecule has 2 heterocycles. The number of carbonyl (C=O) groups is 1. The molecule has 5 nitrogen and oxygen atoms in total. The molecule has 2 aliphatic rings. The maximum absolute atomic E-state index is 11.9. The molecule has 5 heteroatoms. The summed E-state index contributed by atoms with van der Waals surface area (Å²) in [5.41, 5.74) is 0. The van der Waals surface area contributed by atoms with Crippen LogP contribution in [0.4, 0.5) is 4.79 Å². The minimum atomic E-state index is 0.0436. The number of carbonyl (C=O) groups excluding carboxylic acids is 1. The number of nitrogens with zero attached hydrogens (tertiary/aromatic N) is 1. The van der Waals surface area contributed by atoms with E-state index in [2.05, 4.69) is 5.32 Å². The Labute approximate surface area is 96.1 Å². The van der Waals surface area contributed by atoms with Crippen molar-refractivity contribution in [2.75, 3.05) is 32.9 Å². The van der Waals surface area contributed by atoms with Gasteiger partial charge in [-0.05, 0) is 19.8 Å². The topological polar surface area (TPSA) is 50.8 Å². The van der Waals surface area contributed by atoms with Crippen LogP contribution in [0.2, 0.25) is 0 Å². The van der Waals surface area contributed by atoms with Gasteiger partial charge in [-0.3, -0.25) is 0 Å². The third-order valence-electron chi connectivity index (χ3n) is 3.08. The van der Waals surface area contributed by atoms with Crippen molar-refractivity contribution in [1.29, 1.82) is 0 Å². The summed E-state index contributed by atoms with van der Waals surface area (Å²) in [6.45, 7) is 5.53. The first-order valence-electron chi connectivity index (χ1n) is 6.00. The van der Waals surface area contributed by atoms with Gasteiger partial charge in [-0.2, -0.15) is 0 Å². The molecule has 2 amide bonds. The van der Waals surface area contributed by atoms with Gasteiger partial charge in [0, 0.05) is 32.3 Å². The van der Waals surface area contributed by atoms with E-state index in [4.69, 9.17) is 9.47 Å². The van der Waals surface area contributed by atoms with E-state index in [1.807, 2.05) is 11.8 Å². The van der Waals surface area contributed by atoms with Crippen LogP contribution in [0.25, 0.3) is 0 Å². The van der Waals surface area contributed by atoms with Gasteiger partial charge in [0.2, 0.25) is 0 Å².